The van der Waals surface area contributed by atoms with Gasteiger partial charge in [-0.2, -0.15) is 0 Å². The van der Waals surface area contributed by atoms with E-state index in [-0.39, 0.29) is 17.9 Å². The molecular formula is C12H19NO3S. The molecule has 1 amide bonds. The van der Waals surface area contributed by atoms with Gasteiger partial charge in [-0.05, 0) is 23.3 Å². The van der Waals surface area contributed by atoms with E-state index in [0.29, 0.717) is 23.6 Å². The number of hydrogen-bond acceptors (Lipinski definition) is 4. The lowest BCUT2D eigenvalue weighted by Crippen LogP contribution is -2.34. The Hall–Kier alpha value is -1.07. The summed E-state index contributed by atoms with van der Waals surface area (Å²) >= 11 is 1.36. The summed E-state index contributed by atoms with van der Waals surface area (Å²) in [6.07, 6.45) is 0.662. The minimum Gasteiger partial charge on any atom is -0.495 e. The monoisotopic (exact) mass is 257 g/mol. The highest BCUT2D eigenvalue weighted by atomic mass is 32.1. The Kier molecular flexibility index (Phi) is 4.96. The third kappa shape index (κ3) is 4.02. The predicted molar refractivity (Wildman–Crippen MR) is 68.7 cm³/mol. The summed E-state index contributed by atoms with van der Waals surface area (Å²) in [6, 6.07) is 1.78. The summed E-state index contributed by atoms with van der Waals surface area (Å²) in [5.41, 5.74) is -0.102. The van der Waals surface area contributed by atoms with Crippen molar-refractivity contribution in [3.8, 4) is 5.75 Å². The second kappa shape index (κ2) is 6.02. The van der Waals surface area contributed by atoms with Gasteiger partial charge in [-0.1, -0.05) is 13.8 Å². The van der Waals surface area contributed by atoms with Crippen molar-refractivity contribution in [2.24, 2.45) is 5.41 Å². The van der Waals surface area contributed by atoms with Gasteiger partial charge < -0.3 is 15.2 Å². The van der Waals surface area contributed by atoms with E-state index in [1.54, 1.807) is 13.2 Å². The van der Waals surface area contributed by atoms with Crippen LogP contribution in [0.5, 0.6) is 5.75 Å². The Labute approximate surface area is 106 Å². The molecule has 1 aromatic rings. The molecule has 1 aromatic heterocycles. The highest BCUT2D eigenvalue weighted by Gasteiger charge is 2.20. The van der Waals surface area contributed by atoms with Gasteiger partial charge in [-0.3, -0.25) is 4.79 Å². The van der Waals surface area contributed by atoms with Crippen LogP contribution < -0.4 is 10.1 Å². The van der Waals surface area contributed by atoms with Crippen molar-refractivity contribution in [3.05, 3.63) is 16.3 Å². The smallest absolute Gasteiger partial charge is 0.265 e. The fraction of sp³-hybridized carbons (Fsp3) is 0.583. The molecule has 0 aliphatic heterocycles. The fourth-order valence-electron chi connectivity index (χ4n) is 1.41. The van der Waals surface area contributed by atoms with Gasteiger partial charge in [0.05, 0.1) is 7.11 Å². The van der Waals surface area contributed by atoms with E-state index in [0.717, 1.165) is 0 Å². The molecule has 5 heteroatoms. The average Bonchev–Trinajstić information content (AvgIpc) is 2.74. The Morgan fingerprint density at radius 2 is 2.29 bits per heavy atom. The zero-order chi connectivity index (χ0) is 12.9. The molecule has 4 nitrogen and oxygen atoms in total. The molecule has 1 rings (SSSR count). The van der Waals surface area contributed by atoms with Crippen LogP contribution >= 0.6 is 11.3 Å². The van der Waals surface area contributed by atoms with Gasteiger partial charge in [-0.25, -0.2) is 0 Å². The third-order valence-electron chi connectivity index (χ3n) is 2.57. The molecule has 0 saturated heterocycles. The van der Waals surface area contributed by atoms with Gasteiger partial charge in [0.25, 0.3) is 5.91 Å². The number of carbonyl (C=O) groups excluding carboxylic acids is 1. The van der Waals surface area contributed by atoms with Crippen molar-refractivity contribution in [1.82, 2.24) is 5.32 Å². The Morgan fingerprint density at radius 1 is 1.59 bits per heavy atom. The molecule has 17 heavy (non-hydrogen) atoms. The number of aliphatic hydroxyl groups excluding tert-OH is 1. The van der Waals surface area contributed by atoms with Gasteiger partial charge in [-0.15, -0.1) is 11.3 Å². The van der Waals surface area contributed by atoms with Gasteiger partial charge in [0, 0.05) is 13.2 Å². The maximum atomic E-state index is 11.9. The van der Waals surface area contributed by atoms with Crippen LogP contribution in [0.1, 0.15) is 29.9 Å². The fourth-order valence-corrected chi connectivity index (χ4v) is 2.19. The number of nitrogens with one attached hydrogen (secondary N) is 1. The zero-order valence-corrected chi connectivity index (χ0v) is 11.3. The van der Waals surface area contributed by atoms with Crippen LogP contribution in [-0.2, 0) is 0 Å². The molecule has 0 saturated carbocycles. The number of methoxy groups -OCH3 is 1. The lowest BCUT2D eigenvalue weighted by molar-refractivity contribution is 0.0929. The van der Waals surface area contributed by atoms with Crippen LogP contribution in [0, 0.1) is 5.41 Å². The van der Waals surface area contributed by atoms with E-state index in [9.17, 15) is 4.79 Å². The first-order chi connectivity index (χ1) is 8.00. The van der Waals surface area contributed by atoms with Crippen LogP contribution in [-0.4, -0.2) is 31.3 Å². The summed E-state index contributed by atoms with van der Waals surface area (Å²) < 4.78 is 5.10. The molecule has 0 bridgehead atoms. The topological polar surface area (TPSA) is 58.6 Å². The van der Waals surface area contributed by atoms with Crippen molar-refractivity contribution in [2.45, 2.75) is 20.3 Å². The minimum absolute atomic E-state index is 0.102. The first kappa shape index (κ1) is 14.0. The van der Waals surface area contributed by atoms with Crippen LogP contribution in [0.15, 0.2) is 11.4 Å². The largest absolute Gasteiger partial charge is 0.495 e. The van der Waals surface area contributed by atoms with Crippen LogP contribution in [0.25, 0.3) is 0 Å². The SMILES string of the molecule is COc1ccsc1C(=O)NCC(C)(C)CCO. The molecular weight excluding hydrogens is 238 g/mol. The number of carbonyl (C=O) groups is 1. The van der Waals surface area contributed by atoms with Crippen molar-refractivity contribution in [2.75, 3.05) is 20.3 Å². The predicted octanol–water partition coefficient (Wildman–Crippen LogP) is 1.90. The molecule has 0 aliphatic rings. The van der Waals surface area contributed by atoms with Crippen LogP contribution in [0.4, 0.5) is 0 Å². The lowest BCUT2D eigenvalue weighted by atomic mass is 9.90. The summed E-state index contributed by atoms with van der Waals surface area (Å²) in [4.78, 5) is 12.5. The Bertz CT molecular complexity index is 374. The lowest BCUT2D eigenvalue weighted by Gasteiger charge is -2.23. The van der Waals surface area contributed by atoms with E-state index in [1.165, 1.54) is 11.3 Å². The molecule has 0 fully saturated rings. The Morgan fingerprint density at radius 3 is 2.88 bits per heavy atom. The number of rotatable bonds is 6. The third-order valence-corrected chi connectivity index (χ3v) is 3.47. The van der Waals surface area contributed by atoms with E-state index in [4.69, 9.17) is 9.84 Å². The van der Waals surface area contributed by atoms with Crippen molar-refractivity contribution in [3.63, 3.8) is 0 Å². The van der Waals surface area contributed by atoms with Crippen molar-refractivity contribution < 1.29 is 14.6 Å². The summed E-state index contributed by atoms with van der Waals surface area (Å²) in [6.45, 7) is 4.68. The maximum absolute atomic E-state index is 11.9. The van der Waals surface area contributed by atoms with Crippen LogP contribution in [0.2, 0.25) is 0 Å². The molecule has 0 unspecified atom stereocenters. The minimum atomic E-state index is -0.122. The zero-order valence-electron chi connectivity index (χ0n) is 10.4. The highest BCUT2D eigenvalue weighted by Crippen LogP contribution is 2.25. The van der Waals surface area contributed by atoms with Gasteiger partial charge in [0.1, 0.15) is 10.6 Å². The quantitative estimate of drug-likeness (QED) is 0.818. The molecule has 96 valence electrons. The Balaban J connectivity index is 2.56. The maximum Gasteiger partial charge on any atom is 0.265 e. The van der Waals surface area contributed by atoms with Gasteiger partial charge >= 0.3 is 0 Å². The number of aliphatic hydroxyl groups is 1. The van der Waals surface area contributed by atoms with E-state index in [1.807, 2.05) is 19.2 Å². The first-order valence-corrected chi connectivity index (χ1v) is 6.38. The molecule has 2 N–H and O–H groups in total. The normalized spacial score (nSPS) is 11.3. The number of hydrogen-bond donors (Lipinski definition) is 2. The summed E-state index contributed by atoms with van der Waals surface area (Å²) in [7, 11) is 1.55. The number of thiophene rings is 1. The summed E-state index contributed by atoms with van der Waals surface area (Å²) in [5, 5.41) is 13.6. The number of amides is 1. The van der Waals surface area contributed by atoms with E-state index >= 15 is 0 Å². The van der Waals surface area contributed by atoms with Crippen molar-refractivity contribution >= 4 is 17.2 Å². The van der Waals surface area contributed by atoms with Gasteiger partial charge in [0.15, 0.2) is 0 Å². The second-order valence-corrected chi connectivity index (χ2v) is 5.55. The van der Waals surface area contributed by atoms with Crippen molar-refractivity contribution in [1.29, 1.82) is 0 Å². The van der Waals surface area contributed by atoms with E-state index in [2.05, 4.69) is 5.32 Å². The molecule has 0 radical (unpaired) electrons. The standard InChI is InChI=1S/C12H19NO3S/c1-12(2,5-6-14)8-13-11(15)10-9(16-3)4-7-17-10/h4,7,14H,5-6,8H2,1-3H3,(H,13,15). The number of ether oxygens (including phenoxy) is 1. The molecule has 0 atom stereocenters. The average molecular weight is 257 g/mol. The van der Waals surface area contributed by atoms with Crippen LogP contribution in [0.3, 0.4) is 0 Å². The van der Waals surface area contributed by atoms with Gasteiger partial charge in [0.2, 0.25) is 0 Å². The van der Waals surface area contributed by atoms with E-state index < -0.39 is 0 Å². The molecule has 0 aliphatic carbocycles. The molecule has 0 spiro atoms. The second-order valence-electron chi connectivity index (χ2n) is 4.64. The molecule has 1 heterocycles. The first-order valence-electron chi connectivity index (χ1n) is 5.51. The summed E-state index contributed by atoms with van der Waals surface area (Å²) in [5.74, 6) is 0.482. The highest BCUT2D eigenvalue weighted by molar-refractivity contribution is 7.12. The molecule has 0 aromatic carbocycles.